The SMILES string of the molecule is O=C(c1cc2cc(Br)ccc2o1)c1cccc2ccccc12. The summed E-state index contributed by atoms with van der Waals surface area (Å²) in [5, 5.41) is 2.90. The zero-order valence-corrected chi connectivity index (χ0v) is 13.1. The summed E-state index contributed by atoms with van der Waals surface area (Å²) in [6, 6.07) is 21.1. The number of ketones is 1. The standard InChI is InChI=1S/C19H11BrO2/c20-14-8-9-17-13(10-14)11-18(22-17)19(21)16-7-3-5-12-4-1-2-6-15(12)16/h1-11H. The minimum Gasteiger partial charge on any atom is -0.453 e. The Labute approximate surface area is 135 Å². The molecule has 0 bridgehead atoms. The lowest BCUT2D eigenvalue weighted by Crippen LogP contribution is -2.00. The molecule has 0 N–H and O–H groups in total. The van der Waals surface area contributed by atoms with Crippen LogP contribution in [0.5, 0.6) is 0 Å². The fourth-order valence-corrected chi connectivity index (χ4v) is 3.06. The van der Waals surface area contributed by atoms with Gasteiger partial charge in [-0.3, -0.25) is 4.79 Å². The third-order valence-electron chi connectivity index (χ3n) is 3.74. The predicted octanol–water partition coefficient (Wildman–Crippen LogP) is 5.58. The first-order chi connectivity index (χ1) is 10.7. The van der Waals surface area contributed by atoms with Crippen molar-refractivity contribution in [3.8, 4) is 0 Å². The highest BCUT2D eigenvalue weighted by atomic mass is 79.9. The third-order valence-corrected chi connectivity index (χ3v) is 4.23. The molecule has 0 amide bonds. The van der Waals surface area contributed by atoms with Crippen molar-refractivity contribution in [1.82, 2.24) is 0 Å². The highest BCUT2D eigenvalue weighted by Gasteiger charge is 2.16. The van der Waals surface area contributed by atoms with Gasteiger partial charge in [0.15, 0.2) is 5.76 Å². The average molecular weight is 351 g/mol. The van der Waals surface area contributed by atoms with Gasteiger partial charge in [0.2, 0.25) is 5.78 Å². The van der Waals surface area contributed by atoms with Gasteiger partial charge >= 0.3 is 0 Å². The smallest absolute Gasteiger partial charge is 0.228 e. The molecule has 0 spiro atoms. The number of hydrogen-bond donors (Lipinski definition) is 0. The first kappa shape index (κ1) is 13.3. The zero-order chi connectivity index (χ0) is 15.1. The Morgan fingerprint density at radius 3 is 2.59 bits per heavy atom. The Balaban J connectivity index is 1.88. The third kappa shape index (κ3) is 2.14. The monoisotopic (exact) mass is 350 g/mol. The number of hydrogen-bond acceptors (Lipinski definition) is 2. The minimum atomic E-state index is -0.0934. The normalized spacial score (nSPS) is 11.1. The molecule has 4 rings (SSSR count). The fourth-order valence-electron chi connectivity index (χ4n) is 2.68. The molecule has 4 aromatic rings. The van der Waals surface area contributed by atoms with E-state index in [4.69, 9.17) is 4.42 Å². The van der Waals surface area contributed by atoms with Crippen LogP contribution in [-0.2, 0) is 0 Å². The van der Waals surface area contributed by atoms with Crippen LogP contribution in [0.15, 0.2) is 75.6 Å². The molecular weight excluding hydrogens is 340 g/mol. The van der Waals surface area contributed by atoms with E-state index in [1.165, 1.54) is 0 Å². The summed E-state index contributed by atoms with van der Waals surface area (Å²) < 4.78 is 6.68. The van der Waals surface area contributed by atoms with Crippen molar-refractivity contribution < 1.29 is 9.21 Å². The van der Waals surface area contributed by atoms with Crippen molar-refractivity contribution >= 4 is 43.5 Å². The first-order valence-corrected chi connectivity index (χ1v) is 7.73. The van der Waals surface area contributed by atoms with Crippen LogP contribution >= 0.6 is 15.9 Å². The highest BCUT2D eigenvalue weighted by molar-refractivity contribution is 9.10. The van der Waals surface area contributed by atoms with E-state index in [9.17, 15) is 4.79 Å². The van der Waals surface area contributed by atoms with Gasteiger partial charge in [-0.05, 0) is 35.0 Å². The quantitative estimate of drug-likeness (QED) is 0.441. The van der Waals surface area contributed by atoms with E-state index in [2.05, 4.69) is 15.9 Å². The molecule has 0 unspecified atom stereocenters. The van der Waals surface area contributed by atoms with Crippen LogP contribution in [0.4, 0.5) is 0 Å². The topological polar surface area (TPSA) is 30.2 Å². The van der Waals surface area contributed by atoms with Crippen molar-refractivity contribution in [2.45, 2.75) is 0 Å². The Bertz CT molecular complexity index is 1010. The molecule has 1 heterocycles. The second-order valence-corrected chi connectivity index (χ2v) is 6.06. The van der Waals surface area contributed by atoms with Gasteiger partial charge in [-0.15, -0.1) is 0 Å². The molecular formula is C19H11BrO2. The van der Waals surface area contributed by atoms with E-state index >= 15 is 0 Å². The van der Waals surface area contributed by atoms with Crippen LogP contribution < -0.4 is 0 Å². The summed E-state index contributed by atoms with van der Waals surface area (Å²) in [7, 11) is 0. The van der Waals surface area contributed by atoms with Crippen molar-refractivity contribution in [3.05, 3.63) is 82.5 Å². The number of fused-ring (bicyclic) bond motifs is 2. The summed E-state index contributed by atoms with van der Waals surface area (Å²) >= 11 is 3.43. The summed E-state index contributed by atoms with van der Waals surface area (Å²) in [5.74, 6) is 0.272. The largest absolute Gasteiger partial charge is 0.453 e. The predicted molar refractivity (Wildman–Crippen MR) is 91.3 cm³/mol. The lowest BCUT2D eigenvalue weighted by Gasteiger charge is -2.03. The van der Waals surface area contributed by atoms with Gasteiger partial charge in [0.05, 0.1) is 0 Å². The van der Waals surface area contributed by atoms with Crippen LogP contribution in [-0.4, -0.2) is 5.78 Å². The van der Waals surface area contributed by atoms with E-state index in [0.717, 1.165) is 20.6 Å². The molecule has 0 saturated carbocycles. The highest BCUT2D eigenvalue weighted by Crippen LogP contribution is 2.27. The van der Waals surface area contributed by atoms with Gasteiger partial charge < -0.3 is 4.42 Å². The molecule has 1 aromatic heterocycles. The molecule has 0 fully saturated rings. The molecule has 106 valence electrons. The molecule has 0 radical (unpaired) electrons. The van der Waals surface area contributed by atoms with Crippen molar-refractivity contribution in [2.75, 3.05) is 0 Å². The van der Waals surface area contributed by atoms with Crippen molar-refractivity contribution in [1.29, 1.82) is 0 Å². The van der Waals surface area contributed by atoms with Crippen LogP contribution in [0.2, 0.25) is 0 Å². The zero-order valence-electron chi connectivity index (χ0n) is 11.5. The van der Waals surface area contributed by atoms with Crippen LogP contribution in [0.3, 0.4) is 0 Å². The first-order valence-electron chi connectivity index (χ1n) is 6.94. The number of rotatable bonds is 2. The lowest BCUT2D eigenvalue weighted by molar-refractivity contribution is 0.101. The lowest BCUT2D eigenvalue weighted by atomic mass is 10.0. The van der Waals surface area contributed by atoms with Gasteiger partial charge in [-0.2, -0.15) is 0 Å². The molecule has 0 aliphatic carbocycles. The van der Waals surface area contributed by atoms with Gasteiger partial charge in [0, 0.05) is 15.4 Å². The van der Waals surface area contributed by atoms with Gasteiger partial charge in [-0.25, -0.2) is 0 Å². The van der Waals surface area contributed by atoms with Gasteiger partial charge in [0.25, 0.3) is 0 Å². The molecule has 2 nitrogen and oxygen atoms in total. The average Bonchev–Trinajstić information content (AvgIpc) is 2.96. The fraction of sp³-hybridized carbons (Fsp3) is 0. The Morgan fingerprint density at radius 2 is 1.68 bits per heavy atom. The van der Waals surface area contributed by atoms with E-state index in [-0.39, 0.29) is 5.78 Å². The molecule has 22 heavy (non-hydrogen) atoms. The van der Waals surface area contributed by atoms with Crippen molar-refractivity contribution in [2.24, 2.45) is 0 Å². The molecule has 3 aromatic carbocycles. The van der Waals surface area contributed by atoms with Gasteiger partial charge in [-0.1, -0.05) is 58.4 Å². The molecule has 0 saturated heterocycles. The molecule has 0 aliphatic heterocycles. The van der Waals surface area contributed by atoms with E-state index < -0.39 is 0 Å². The summed E-state index contributed by atoms with van der Waals surface area (Å²) in [4.78, 5) is 12.8. The van der Waals surface area contributed by atoms with Crippen LogP contribution in [0.1, 0.15) is 16.1 Å². The van der Waals surface area contributed by atoms with Crippen LogP contribution in [0, 0.1) is 0 Å². The maximum absolute atomic E-state index is 12.8. The molecule has 0 aliphatic rings. The summed E-state index contributed by atoms with van der Waals surface area (Å²) in [6.45, 7) is 0. The molecule has 0 atom stereocenters. The molecule has 3 heteroatoms. The maximum Gasteiger partial charge on any atom is 0.228 e. The van der Waals surface area contributed by atoms with E-state index in [1.54, 1.807) is 6.07 Å². The number of furan rings is 1. The maximum atomic E-state index is 12.8. The van der Waals surface area contributed by atoms with Gasteiger partial charge in [0.1, 0.15) is 5.58 Å². The number of carbonyl (C=O) groups excluding carboxylic acids is 1. The van der Waals surface area contributed by atoms with Crippen LogP contribution in [0.25, 0.3) is 21.7 Å². The minimum absolute atomic E-state index is 0.0934. The summed E-state index contributed by atoms with van der Waals surface area (Å²) in [6.07, 6.45) is 0. The Hall–Kier alpha value is -2.39. The second-order valence-electron chi connectivity index (χ2n) is 5.15. The second kappa shape index (κ2) is 5.11. The summed E-state index contributed by atoms with van der Waals surface area (Å²) in [5.41, 5.74) is 1.38. The number of benzene rings is 3. The van der Waals surface area contributed by atoms with E-state index in [1.807, 2.05) is 60.7 Å². The Kier molecular flexibility index (Phi) is 3.09. The Morgan fingerprint density at radius 1 is 0.864 bits per heavy atom. The van der Waals surface area contributed by atoms with E-state index in [0.29, 0.717) is 16.9 Å². The van der Waals surface area contributed by atoms with Crippen molar-refractivity contribution in [3.63, 3.8) is 0 Å². The number of halogens is 1. The number of carbonyl (C=O) groups is 1.